The molecule has 4 rings (SSSR count). The van der Waals surface area contributed by atoms with Crippen LogP contribution in [0.25, 0.3) is 16.8 Å². The first kappa shape index (κ1) is 25.9. The van der Waals surface area contributed by atoms with Crippen LogP contribution in [0.2, 0.25) is 0 Å². The van der Waals surface area contributed by atoms with Crippen molar-refractivity contribution in [3.63, 3.8) is 0 Å². The van der Waals surface area contributed by atoms with Crippen LogP contribution in [0, 0.1) is 0 Å². The van der Waals surface area contributed by atoms with E-state index in [1.807, 2.05) is 0 Å². The smallest absolute Gasteiger partial charge is 0.418 e. The standard InChI is InChI=1S/C22H24F4N8O3/c1-10(2)31-21(36)33-7-14(23)15(8-33)32-19(35)12-4-11(6-28-20(12)37-3)16-5-13(22(24,25)26)17-18(27)29-9-30-34(16)17/h4-6,9-10,14-15H,7-8H2,1-3H3,(H,31,36)(H,32,35)(H2,27,29,30)/t14-,15+/m0/s1. The minimum absolute atomic E-state index is 0.0543. The number of nitrogens with one attached hydrogen (secondary N) is 2. The number of aromatic nitrogens is 4. The van der Waals surface area contributed by atoms with Gasteiger partial charge in [-0.3, -0.25) is 4.79 Å². The average Bonchev–Trinajstić information content (AvgIpc) is 3.40. The second kappa shape index (κ2) is 9.71. The van der Waals surface area contributed by atoms with Crippen molar-refractivity contribution in [2.45, 2.75) is 38.3 Å². The number of halogens is 4. The summed E-state index contributed by atoms with van der Waals surface area (Å²) in [6, 6.07) is 0.452. The Morgan fingerprint density at radius 3 is 2.59 bits per heavy atom. The summed E-state index contributed by atoms with van der Waals surface area (Å²) < 4.78 is 61.8. The summed E-state index contributed by atoms with van der Waals surface area (Å²) in [5.41, 5.74) is 4.07. The number of alkyl halides is 4. The number of fused-ring (bicyclic) bond motifs is 1. The van der Waals surface area contributed by atoms with Gasteiger partial charge in [0.15, 0.2) is 5.82 Å². The fourth-order valence-electron chi connectivity index (χ4n) is 4.06. The van der Waals surface area contributed by atoms with E-state index in [1.165, 1.54) is 24.3 Å². The highest BCUT2D eigenvalue weighted by atomic mass is 19.4. The number of nitrogens with zero attached hydrogens (tertiary/aromatic N) is 5. The predicted molar refractivity (Wildman–Crippen MR) is 124 cm³/mol. The van der Waals surface area contributed by atoms with Crippen molar-refractivity contribution in [2.75, 3.05) is 25.9 Å². The number of hydrogen-bond donors (Lipinski definition) is 3. The molecule has 37 heavy (non-hydrogen) atoms. The second-order valence-electron chi connectivity index (χ2n) is 8.73. The molecule has 1 aliphatic rings. The lowest BCUT2D eigenvalue weighted by molar-refractivity contribution is -0.136. The van der Waals surface area contributed by atoms with Gasteiger partial charge in [-0.15, -0.1) is 0 Å². The molecule has 4 N–H and O–H groups in total. The van der Waals surface area contributed by atoms with E-state index in [1.54, 1.807) is 13.8 Å². The molecule has 0 bridgehead atoms. The third-order valence-corrected chi connectivity index (χ3v) is 5.74. The summed E-state index contributed by atoms with van der Waals surface area (Å²) in [7, 11) is 1.26. The molecule has 1 aliphatic heterocycles. The van der Waals surface area contributed by atoms with Crippen molar-refractivity contribution < 1.29 is 31.9 Å². The highest BCUT2D eigenvalue weighted by molar-refractivity contribution is 5.98. The first-order valence-corrected chi connectivity index (χ1v) is 11.1. The molecule has 0 spiro atoms. The van der Waals surface area contributed by atoms with E-state index in [0.29, 0.717) is 0 Å². The van der Waals surface area contributed by atoms with Crippen LogP contribution in [0.4, 0.5) is 28.2 Å². The van der Waals surface area contributed by atoms with Gasteiger partial charge >= 0.3 is 12.2 Å². The predicted octanol–water partition coefficient (Wildman–Crippen LogP) is 2.27. The highest BCUT2D eigenvalue weighted by Crippen LogP contribution is 2.39. The fraction of sp³-hybridized carbons (Fsp3) is 0.409. The first-order valence-electron chi connectivity index (χ1n) is 11.1. The molecule has 15 heteroatoms. The number of methoxy groups -OCH3 is 1. The highest BCUT2D eigenvalue weighted by Gasteiger charge is 2.38. The molecule has 3 aromatic rings. The number of carbonyl (C=O) groups is 2. The molecule has 0 saturated carbocycles. The number of likely N-dealkylation sites (tertiary alicyclic amines) is 1. The van der Waals surface area contributed by atoms with Gasteiger partial charge in [-0.25, -0.2) is 23.7 Å². The SMILES string of the molecule is COc1ncc(-c2cc(C(F)(F)F)c3c(N)ncnn23)cc1C(=O)N[C@@H]1CN(C(=O)NC(C)C)C[C@@H]1F. The number of nitrogens with two attached hydrogens (primary N) is 1. The van der Waals surface area contributed by atoms with Crippen LogP contribution >= 0.6 is 0 Å². The molecule has 1 fully saturated rings. The number of pyridine rings is 1. The van der Waals surface area contributed by atoms with E-state index in [2.05, 4.69) is 25.7 Å². The van der Waals surface area contributed by atoms with E-state index < -0.39 is 41.4 Å². The Bertz CT molecular complexity index is 1340. The molecular formula is C22H24F4N8O3. The molecular weight excluding hydrogens is 500 g/mol. The maximum Gasteiger partial charge on any atom is 0.418 e. The number of rotatable bonds is 5. The van der Waals surface area contributed by atoms with E-state index in [9.17, 15) is 27.2 Å². The zero-order valence-corrected chi connectivity index (χ0v) is 20.0. The molecule has 3 amide bonds. The van der Waals surface area contributed by atoms with Crippen molar-refractivity contribution in [3.05, 3.63) is 35.8 Å². The lowest BCUT2D eigenvalue weighted by atomic mass is 10.1. The van der Waals surface area contributed by atoms with Crippen molar-refractivity contribution in [1.29, 1.82) is 0 Å². The molecule has 2 atom stereocenters. The topological polar surface area (TPSA) is 140 Å². The van der Waals surface area contributed by atoms with Gasteiger partial charge in [0.25, 0.3) is 5.91 Å². The molecule has 11 nitrogen and oxygen atoms in total. The zero-order valence-electron chi connectivity index (χ0n) is 20.0. The number of amides is 3. The monoisotopic (exact) mass is 524 g/mol. The summed E-state index contributed by atoms with van der Waals surface area (Å²) >= 11 is 0. The molecule has 4 heterocycles. The van der Waals surface area contributed by atoms with Crippen molar-refractivity contribution in [1.82, 2.24) is 35.1 Å². The fourth-order valence-corrected chi connectivity index (χ4v) is 4.06. The largest absolute Gasteiger partial charge is 0.480 e. The van der Waals surface area contributed by atoms with Crippen LogP contribution in [-0.4, -0.2) is 74.9 Å². The Morgan fingerprint density at radius 1 is 1.22 bits per heavy atom. The van der Waals surface area contributed by atoms with Crippen LogP contribution in [0.5, 0.6) is 5.88 Å². The maximum absolute atomic E-state index is 14.6. The number of anilines is 1. The second-order valence-corrected chi connectivity index (χ2v) is 8.73. The van der Waals surface area contributed by atoms with Crippen molar-refractivity contribution >= 4 is 23.3 Å². The summed E-state index contributed by atoms with van der Waals surface area (Å²) in [5.74, 6) is -1.29. The lowest BCUT2D eigenvalue weighted by Crippen LogP contribution is -2.44. The van der Waals surface area contributed by atoms with Crippen LogP contribution in [0.15, 0.2) is 24.7 Å². The molecule has 0 aliphatic carbocycles. The van der Waals surface area contributed by atoms with Gasteiger partial charge in [0.1, 0.15) is 23.6 Å². The van der Waals surface area contributed by atoms with E-state index in [4.69, 9.17) is 10.5 Å². The molecule has 0 radical (unpaired) electrons. The number of carbonyl (C=O) groups excluding carboxylic acids is 2. The van der Waals surface area contributed by atoms with E-state index in [-0.39, 0.29) is 47.7 Å². The molecule has 198 valence electrons. The van der Waals surface area contributed by atoms with Crippen LogP contribution in [0.3, 0.4) is 0 Å². The number of nitrogen functional groups attached to an aromatic ring is 1. The minimum Gasteiger partial charge on any atom is -0.480 e. The van der Waals surface area contributed by atoms with Gasteiger partial charge < -0.3 is 26.0 Å². The van der Waals surface area contributed by atoms with Gasteiger partial charge in [0.2, 0.25) is 5.88 Å². The lowest BCUT2D eigenvalue weighted by Gasteiger charge is -2.19. The molecule has 0 unspecified atom stereocenters. The van der Waals surface area contributed by atoms with Crippen LogP contribution < -0.4 is 21.1 Å². The normalized spacial score (nSPS) is 17.9. The Hall–Kier alpha value is -4.17. The van der Waals surface area contributed by atoms with Crippen LogP contribution in [-0.2, 0) is 6.18 Å². The first-order chi connectivity index (χ1) is 17.4. The molecule has 3 aromatic heterocycles. The van der Waals surface area contributed by atoms with E-state index >= 15 is 0 Å². The minimum atomic E-state index is -4.76. The third-order valence-electron chi connectivity index (χ3n) is 5.74. The summed E-state index contributed by atoms with van der Waals surface area (Å²) in [6.45, 7) is 3.24. The number of urea groups is 1. The Balaban J connectivity index is 1.66. The average molecular weight is 524 g/mol. The Labute approximate surface area is 208 Å². The zero-order chi connectivity index (χ0) is 27.1. The van der Waals surface area contributed by atoms with Crippen LogP contribution in [0.1, 0.15) is 29.8 Å². The number of hydrogen-bond acceptors (Lipinski definition) is 7. The summed E-state index contributed by atoms with van der Waals surface area (Å²) in [5, 5.41) is 9.07. The van der Waals surface area contributed by atoms with E-state index in [0.717, 1.165) is 16.9 Å². The van der Waals surface area contributed by atoms with Gasteiger partial charge in [0.05, 0.1) is 31.0 Å². The summed E-state index contributed by atoms with van der Waals surface area (Å²) in [4.78, 5) is 34.2. The summed E-state index contributed by atoms with van der Waals surface area (Å²) in [6.07, 6.45) is -4.08. The van der Waals surface area contributed by atoms with Crippen molar-refractivity contribution in [3.8, 4) is 17.1 Å². The van der Waals surface area contributed by atoms with Gasteiger partial charge in [0, 0.05) is 24.3 Å². The van der Waals surface area contributed by atoms with Gasteiger partial charge in [-0.05, 0) is 26.0 Å². The number of ether oxygens (including phenoxy) is 1. The van der Waals surface area contributed by atoms with Crippen molar-refractivity contribution in [2.24, 2.45) is 0 Å². The van der Waals surface area contributed by atoms with Gasteiger partial charge in [-0.1, -0.05) is 0 Å². The Morgan fingerprint density at radius 2 is 1.95 bits per heavy atom. The molecule has 0 aromatic carbocycles. The Kier molecular flexibility index (Phi) is 6.80. The third kappa shape index (κ3) is 5.06. The maximum atomic E-state index is 14.6. The molecule has 1 saturated heterocycles. The quantitative estimate of drug-likeness (QED) is 0.435. The van der Waals surface area contributed by atoms with Gasteiger partial charge in [-0.2, -0.15) is 18.3 Å².